The van der Waals surface area contributed by atoms with E-state index in [-0.39, 0.29) is 41.1 Å². The number of carboxylic acids is 1. The van der Waals surface area contributed by atoms with E-state index < -0.39 is 28.2 Å². The molecule has 0 bridgehead atoms. The summed E-state index contributed by atoms with van der Waals surface area (Å²) in [5, 5.41) is 9.05. The Morgan fingerprint density at radius 3 is 2.61 bits per heavy atom. The van der Waals surface area contributed by atoms with E-state index in [2.05, 4.69) is 4.72 Å². The Morgan fingerprint density at radius 2 is 1.91 bits per heavy atom. The molecule has 1 fully saturated rings. The van der Waals surface area contributed by atoms with Crippen molar-refractivity contribution in [3.8, 4) is 5.75 Å². The maximum Gasteiger partial charge on any atom is 0.305 e. The number of aryl methyl sites for hydroxylation is 1. The third-order valence-electron chi connectivity index (χ3n) is 6.00. The largest absolute Gasteiger partial charge is 0.490 e. The van der Waals surface area contributed by atoms with Crippen molar-refractivity contribution in [1.82, 2.24) is 4.90 Å². The fourth-order valence-corrected chi connectivity index (χ4v) is 5.27. The molecule has 10 heteroatoms. The highest BCUT2D eigenvalue weighted by atomic mass is 32.2. The van der Waals surface area contributed by atoms with E-state index in [1.165, 1.54) is 24.3 Å². The minimum atomic E-state index is -3.82. The van der Waals surface area contributed by atoms with Crippen LogP contribution in [0.5, 0.6) is 5.75 Å². The van der Waals surface area contributed by atoms with Crippen molar-refractivity contribution in [2.24, 2.45) is 0 Å². The zero-order chi connectivity index (χ0) is 23.8. The lowest BCUT2D eigenvalue weighted by Crippen LogP contribution is -2.53. The first-order chi connectivity index (χ1) is 15.6. The van der Waals surface area contributed by atoms with Crippen LogP contribution >= 0.6 is 0 Å². The number of carbonyl (C=O) groups excluding carboxylic acids is 1. The van der Waals surface area contributed by atoms with Crippen LogP contribution in [0.4, 0.5) is 5.69 Å². The second-order valence-corrected chi connectivity index (χ2v) is 10.1. The van der Waals surface area contributed by atoms with Gasteiger partial charge >= 0.3 is 5.97 Å². The van der Waals surface area contributed by atoms with Crippen LogP contribution in [0.1, 0.15) is 35.2 Å². The van der Waals surface area contributed by atoms with E-state index in [9.17, 15) is 18.0 Å². The highest BCUT2D eigenvalue weighted by molar-refractivity contribution is 7.92. The van der Waals surface area contributed by atoms with Crippen molar-refractivity contribution in [2.75, 3.05) is 18.4 Å². The Kier molecular flexibility index (Phi) is 6.31. The van der Waals surface area contributed by atoms with Gasteiger partial charge in [-0.2, -0.15) is 0 Å². The Labute approximate surface area is 192 Å². The summed E-state index contributed by atoms with van der Waals surface area (Å²) in [6, 6.07) is 10.7. The number of nitrogens with zero attached hydrogens (tertiary/aromatic N) is 1. The molecule has 2 heterocycles. The summed E-state index contributed by atoms with van der Waals surface area (Å²) in [5.74, 6) is -0.940. The number of hydrogen-bond acceptors (Lipinski definition) is 6. The van der Waals surface area contributed by atoms with Gasteiger partial charge in [-0.25, -0.2) is 8.42 Å². The van der Waals surface area contributed by atoms with Crippen LogP contribution in [-0.2, 0) is 19.6 Å². The van der Waals surface area contributed by atoms with Gasteiger partial charge in [-0.15, -0.1) is 0 Å². The Bertz CT molecular complexity index is 1160. The van der Waals surface area contributed by atoms with Crippen LogP contribution in [0.15, 0.2) is 47.4 Å². The average Bonchev–Trinajstić information content (AvgIpc) is 2.76. The molecule has 0 aromatic heterocycles. The molecule has 1 amide bonds. The summed E-state index contributed by atoms with van der Waals surface area (Å²) in [7, 11) is -2.16. The Hall–Kier alpha value is -3.11. The number of benzene rings is 2. The summed E-state index contributed by atoms with van der Waals surface area (Å²) in [5.41, 5.74) is 1.44. The topological polar surface area (TPSA) is 122 Å². The Morgan fingerprint density at radius 1 is 1.18 bits per heavy atom. The molecular formula is C23H26N2O7S. The van der Waals surface area contributed by atoms with Gasteiger partial charge in [0.25, 0.3) is 15.9 Å². The second-order valence-electron chi connectivity index (χ2n) is 8.40. The predicted octanol–water partition coefficient (Wildman–Crippen LogP) is 2.65. The van der Waals surface area contributed by atoms with Gasteiger partial charge in [-0.3, -0.25) is 14.3 Å². The number of aliphatic carboxylic acids is 1. The summed E-state index contributed by atoms with van der Waals surface area (Å²) in [4.78, 5) is 26.0. The van der Waals surface area contributed by atoms with Crippen LogP contribution in [0.2, 0.25) is 0 Å². The molecule has 0 radical (unpaired) electrons. The Balaban J connectivity index is 1.57. The number of hydrogen-bond donors (Lipinski definition) is 2. The number of likely N-dealkylation sites (N-methyl/N-ethyl adjacent to an activating group) is 1. The van der Waals surface area contributed by atoms with Crippen LogP contribution < -0.4 is 9.46 Å². The minimum absolute atomic E-state index is 0.0953. The van der Waals surface area contributed by atoms with E-state index in [0.717, 1.165) is 5.56 Å². The molecule has 2 aromatic carbocycles. The maximum atomic E-state index is 13.2. The molecule has 1 saturated heterocycles. The predicted molar refractivity (Wildman–Crippen MR) is 120 cm³/mol. The first kappa shape index (κ1) is 23.1. The van der Waals surface area contributed by atoms with Gasteiger partial charge in [-0.1, -0.05) is 17.7 Å². The number of carboxylic acid groups (broad SMARTS) is 1. The van der Waals surface area contributed by atoms with Crippen molar-refractivity contribution >= 4 is 27.6 Å². The smallest absolute Gasteiger partial charge is 0.305 e. The maximum absolute atomic E-state index is 13.2. The highest BCUT2D eigenvalue weighted by Gasteiger charge is 2.39. The fraction of sp³-hybridized carbons (Fsp3) is 0.391. The average molecular weight is 475 g/mol. The number of fused-ring (bicyclic) bond motifs is 2. The van der Waals surface area contributed by atoms with Crippen LogP contribution in [0.25, 0.3) is 0 Å². The van der Waals surface area contributed by atoms with E-state index in [4.69, 9.17) is 14.6 Å². The fourth-order valence-electron chi connectivity index (χ4n) is 4.22. The number of anilines is 1. The quantitative estimate of drug-likeness (QED) is 0.683. The molecule has 2 aromatic rings. The zero-order valence-corrected chi connectivity index (χ0v) is 19.2. The van der Waals surface area contributed by atoms with Gasteiger partial charge in [0.1, 0.15) is 18.5 Å². The number of amides is 1. The van der Waals surface area contributed by atoms with Gasteiger partial charge in [0, 0.05) is 12.7 Å². The standard InChI is InChI=1S/C23H26N2O7S/c1-14-3-7-17(8-4-14)33(29,30)24-15-5-10-20-18(11-15)23(28)25(2)19-9-6-16(12-22(26)27)32-21(19)13-31-20/h3-5,7-8,10-11,16,19,21,24H,6,9,12-13H2,1-2H3,(H,26,27)/t16-,19+,21+/m0/s1. The molecule has 0 aliphatic carbocycles. The molecule has 33 heavy (non-hydrogen) atoms. The van der Waals surface area contributed by atoms with Gasteiger partial charge in [-0.05, 0) is 50.1 Å². The monoisotopic (exact) mass is 474 g/mol. The number of rotatable bonds is 5. The third kappa shape index (κ3) is 4.96. The highest BCUT2D eigenvalue weighted by Crippen LogP contribution is 2.33. The van der Waals surface area contributed by atoms with Crippen molar-refractivity contribution in [3.63, 3.8) is 0 Å². The summed E-state index contributed by atoms with van der Waals surface area (Å²) in [6.07, 6.45) is 0.137. The van der Waals surface area contributed by atoms with Gasteiger partial charge < -0.3 is 19.5 Å². The normalized spacial score (nSPS) is 22.9. The third-order valence-corrected chi connectivity index (χ3v) is 7.39. The molecule has 4 rings (SSSR count). The second kappa shape index (κ2) is 9.03. The molecule has 2 N–H and O–H groups in total. The van der Waals surface area contributed by atoms with Gasteiger partial charge in [0.05, 0.1) is 29.0 Å². The molecule has 0 spiro atoms. The molecular weight excluding hydrogens is 448 g/mol. The van der Waals surface area contributed by atoms with E-state index in [0.29, 0.717) is 18.6 Å². The van der Waals surface area contributed by atoms with E-state index in [1.807, 2.05) is 6.92 Å². The SMILES string of the molecule is Cc1ccc(S(=O)(=O)Nc2ccc3c(c2)C(=O)N(C)[C@@H]2CC[C@@H](CC(=O)O)O[C@@H]2CO3)cc1. The number of carbonyl (C=O) groups is 2. The summed E-state index contributed by atoms with van der Waals surface area (Å²) >= 11 is 0. The molecule has 2 aliphatic heterocycles. The number of sulfonamides is 1. The van der Waals surface area contributed by atoms with Crippen LogP contribution in [0.3, 0.4) is 0 Å². The molecule has 3 atom stereocenters. The zero-order valence-electron chi connectivity index (χ0n) is 18.4. The van der Waals surface area contributed by atoms with E-state index >= 15 is 0 Å². The van der Waals surface area contributed by atoms with Gasteiger partial charge in [0.2, 0.25) is 0 Å². The summed E-state index contributed by atoms with van der Waals surface area (Å²) < 4.78 is 39.8. The number of nitrogens with one attached hydrogen (secondary N) is 1. The first-order valence-electron chi connectivity index (χ1n) is 10.6. The van der Waals surface area contributed by atoms with Crippen molar-refractivity contribution in [2.45, 2.75) is 49.3 Å². The molecule has 176 valence electrons. The van der Waals surface area contributed by atoms with Crippen LogP contribution in [-0.4, -0.2) is 62.2 Å². The minimum Gasteiger partial charge on any atom is -0.490 e. The van der Waals surface area contributed by atoms with E-state index in [1.54, 1.807) is 30.1 Å². The van der Waals surface area contributed by atoms with Gasteiger partial charge in [0.15, 0.2) is 0 Å². The first-order valence-corrected chi connectivity index (χ1v) is 12.1. The lowest BCUT2D eigenvalue weighted by molar-refractivity contribution is -0.148. The number of ether oxygens (including phenoxy) is 2. The lowest BCUT2D eigenvalue weighted by Gasteiger charge is -2.42. The van der Waals surface area contributed by atoms with Crippen molar-refractivity contribution < 1.29 is 32.6 Å². The molecule has 2 aliphatic rings. The van der Waals surface area contributed by atoms with Crippen molar-refractivity contribution in [3.05, 3.63) is 53.6 Å². The molecule has 9 nitrogen and oxygen atoms in total. The van der Waals surface area contributed by atoms with Crippen LogP contribution in [0, 0.1) is 6.92 Å². The van der Waals surface area contributed by atoms with Crippen molar-refractivity contribution in [1.29, 1.82) is 0 Å². The molecule has 0 saturated carbocycles. The summed E-state index contributed by atoms with van der Waals surface area (Å²) in [6.45, 7) is 2.02. The molecule has 0 unspecified atom stereocenters. The lowest BCUT2D eigenvalue weighted by atomic mass is 9.95.